The molecule has 2 amide bonds. The molecule has 0 fully saturated rings. The molecule has 0 bridgehead atoms. The monoisotopic (exact) mass is 445 g/mol. The maximum absolute atomic E-state index is 15.8. The molecule has 5 rings (SSSR count). The van der Waals surface area contributed by atoms with Gasteiger partial charge in [-0.3, -0.25) is 9.59 Å². The molecule has 2 aromatic carbocycles. The summed E-state index contributed by atoms with van der Waals surface area (Å²) < 4.78 is 15.8. The van der Waals surface area contributed by atoms with Crippen LogP contribution >= 0.6 is 0 Å². The Labute approximate surface area is 189 Å². The molecule has 4 aromatic rings. The summed E-state index contributed by atoms with van der Waals surface area (Å²) in [7, 11) is 3.30. The van der Waals surface area contributed by atoms with Gasteiger partial charge in [-0.15, -0.1) is 0 Å². The molecule has 0 unspecified atom stereocenters. The first-order valence-electron chi connectivity index (χ1n) is 10.8. The van der Waals surface area contributed by atoms with Gasteiger partial charge < -0.3 is 19.8 Å². The highest BCUT2D eigenvalue weighted by atomic mass is 19.1. The number of H-pyrrole nitrogens is 2. The van der Waals surface area contributed by atoms with Crippen molar-refractivity contribution in [3.8, 4) is 11.4 Å². The second kappa shape index (κ2) is 7.88. The van der Waals surface area contributed by atoms with E-state index in [1.807, 2.05) is 30.3 Å². The third-order valence-electron chi connectivity index (χ3n) is 6.08. The first kappa shape index (κ1) is 20.9. The van der Waals surface area contributed by atoms with Crippen molar-refractivity contribution in [1.29, 1.82) is 0 Å². The molecule has 168 valence electrons. The lowest BCUT2D eigenvalue weighted by molar-refractivity contribution is -0.128. The topological polar surface area (TPSA) is 85.1 Å². The number of hydrogen-bond donors (Lipinski definition) is 2. The van der Waals surface area contributed by atoms with Gasteiger partial charge in [-0.25, -0.2) is 9.37 Å². The molecule has 0 saturated heterocycles. The van der Waals surface area contributed by atoms with Crippen LogP contribution in [-0.2, 0) is 4.79 Å². The Morgan fingerprint density at radius 3 is 2.64 bits per heavy atom. The minimum absolute atomic E-state index is 0.0432. The third kappa shape index (κ3) is 3.57. The van der Waals surface area contributed by atoms with E-state index in [0.717, 1.165) is 16.6 Å². The smallest absolute Gasteiger partial charge is 0.269 e. The SMILES string of the molecule is CC(=O)N1CCC=C(c2cc(-c3nc4ccccc4[nH]3)c3cc(C(=O)N(C)C)[nH]c3c2F)C1. The van der Waals surface area contributed by atoms with Gasteiger partial charge in [0.05, 0.1) is 16.6 Å². The van der Waals surface area contributed by atoms with Crippen molar-refractivity contribution >= 4 is 39.3 Å². The van der Waals surface area contributed by atoms with Crippen molar-refractivity contribution < 1.29 is 14.0 Å². The normalized spacial score (nSPS) is 14.1. The lowest BCUT2D eigenvalue weighted by atomic mass is 9.96. The van der Waals surface area contributed by atoms with Crippen LogP contribution in [0.4, 0.5) is 4.39 Å². The Bertz CT molecular complexity index is 1410. The Hall–Kier alpha value is -3.94. The molecule has 8 heteroatoms. The second-order valence-electron chi connectivity index (χ2n) is 8.52. The highest BCUT2D eigenvalue weighted by Gasteiger charge is 2.24. The Kier molecular flexibility index (Phi) is 5.00. The average molecular weight is 445 g/mol. The minimum Gasteiger partial charge on any atom is -0.348 e. The average Bonchev–Trinajstić information content (AvgIpc) is 3.44. The summed E-state index contributed by atoms with van der Waals surface area (Å²) in [5, 5.41) is 0.570. The molecule has 0 aliphatic carbocycles. The van der Waals surface area contributed by atoms with Crippen LogP contribution in [0.25, 0.3) is 38.9 Å². The van der Waals surface area contributed by atoms with E-state index in [-0.39, 0.29) is 17.3 Å². The van der Waals surface area contributed by atoms with E-state index in [2.05, 4.69) is 9.97 Å². The first-order valence-corrected chi connectivity index (χ1v) is 10.8. The summed E-state index contributed by atoms with van der Waals surface area (Å²) in [5.74, 6) is -0.148. The zero-order valence-corrected chi connectivity index (χ0v) is 18.7. The highest BCUT2D eigenvalue weighted by molar-refractivity contribution is 6.04. The Balaban J connectivity index is 1.75. The number of nitrogens with one attached hydrogen (secondary N) is 2. The number of halogens is 1. The molecule has 0 saturated carbocycles. The van der Waals surface area contributed by atoms with E-state index >= 15 is 4.39 Å². The van der Waals surface area contributed by atoms with Gasteiger partial charge in [0.2, 0.25) is 5.91 Å². The van der Waals surface area contributed by atoms with Gasteiger partial charge in [-0.05, 0) is 36.3 Å². The molecule has 2 aromatic heterocycles. The fourth-order valence-corrected chi connectivity index (χ4v) is 4.33. The summed E-state index contributed by atoms with van der Waals surface area (Å²) >= 11 is 0. The number of hydrogen-bond acceptors (Lipinski definition) is 3. The van der Waals surface area contributed by atoms with E-state index in [1.54, 1.807) is 31.1 Å². The lowest BCUT2D eigenvalue weighted by Gasteiger charge is -2.27. The highest BCUT2D eigenvalue weighted by Crippen LogP contribution is 2.36. The van der Waals surface area contributed by atoms with Crippen molar-refractivity contribution in [2.45, 2.75) is 13.3 Å². The van der Waals surface area contributed by atoms with Crippen molar-refractivity contribution in [3.05, 3.63) is 59.5 Å². The molecular weight excluding hydrogens is 421 g/mol. The number of fused-ring (bicyclic) bond motifs is 2. The van der Waals surface area contributed by atoms with E-state index in [1.165, 1.54) is 11.8 Å². The molecule has 0 atom stereocenters. The summed E-state index contributed by atoms with van der Waals surface area (Å²) in [6, 6.07) is 11.1. The van der Waals surface area contributed by atoms with Gasteiger partial charge in [0.25, 0.3) is 5.91 Å². The van der Waals surface area contributed by atoms with E-state index in [0.29, 0.717) is 47.5 Å². The van der Waals surface area contributed by atoms with Crippen LogP contribution in [0, 0.1) is 5.82 Å². The van der Waals surface area contributed by atoms with Gasteiger partial charge in [0.1, 0.15) is 11.5 Å². The second-order valence-corrected chi connectivity index (χ2v) is 8.52. The van der Waals surface area contributed by atoms with Crippen LogP contribution in [-0.4, -0.2) is 63.8 Å². The number of nitrogens with zero attached hydrogens (tertiary/aromatic N) is 3. The Morgan fingerprint density at radius 2 is 1.91 bits per heavy atom. The van der Waals surface area contributed by atoms with Crippen LogP contribution in [0.2, 0.25) is 0 Å². The number of imidazole rings is 1. The molecule has 3 heterocycles. The largest absolute Gasteiger partial charge is 0.348 e. The molecule has 33 heavy (non-hydrogen) atoms. The van der Waals surface area contributed by atoms with Crippen LogP contribution in [0.5, 0.6) is 0 Å². The summed E-state index contributed by atoms with van der Waals surface area (Å²) in [5.41, 5.74) is 4.03. The zero-order valence-electron chi connectivity index (χ0n) is 18.7. The lowest BCUT2D eigenvalue weighted by Crippen LogP contribution is -2.33. The number of rotatable bonds is 3. The van der Waals surface area contributed by atoms with Gasteiger partial charge in [-0.1, -0.05) is 18.2 Å². The fourth-order valence-electron chi connectivity index (χ4n) is 4.33. The Morgan fingerprint density at radius 1 is 1.12 bits per heavy atom. The molecule has 1 aliphatic rings. The number of benzene rings is 2. The predicted molar refractivity (Wildman–Crippen MR) is 126 cm³/mol. The summed E-state index contributed by atoms with van der Waals surface area (Å²) in [4.78, 5) is 38.7. The molecule has 0 radical (unpaired) electrons. The van der Waals surface area contributed by atoms with Crippen molar-refractivity contribution in [3.63, 3.8) is 0 Å². The predicted octanol–water partition coefficient (Wildman–Crippen LogP) is 4.19. The van der Waals surface area contributed by atoms with E-state index in [4.69, 9.17) is 4.98 Å². The van der Waals surface area contributed by atoms with Crippen LogP contribution in [0.3, 0.4) is 0 Å². The zero-order chi connectivity index (χ0) is 23.3. The summed E-state index contributed by atoms with van der Waals surface area (Å²) in [6.45, 7) is 2.47. The first-order chi connectivity index (χ1) is 15.8. The van der Waals surface area contributed by atoms with Gasteiger partial charge >= 0.3 is 0 Å². The number of carbonyl (C=O) groups excluding carboxylic acids is 2. The third-order valence-corrected chi connectivity index (χ3v) is 6.08. The maximum Gasteiger partial charge on any atom is 0.269 e. The number of aromatic nitrogens is 3. The summed E-state index contributed by atoms with van der Waals surface area (Å²) in [6.07, 6.45) is 2.63. The minimum atomic E-state index is -0.445. The molecule has 0 spiro atoms. The van der Waals surface area contributed by atoms with Gasteiger partial charge in [0.15, 0.2) is 5.82 Å². The molecule has 2 N–H and O–H groups in total. The molecular formula is C25H24FN5O2. The van der Waals surface area contributed by atoms with Gasteiger partial charge in [0, 0.05) is 50.6 Å². The van der Waals surface area contributed by atoms with Crippen LogP contribution in [0.1, 0.15) is 29.4 Å². The standard InChI is InChI=1S/C25H24FN5O2/c1-14(32)31-10-6-7-15(13-31)16-11-18(24-28-19-8-4-5-9-20(19)29-24)17-12-21(25(33)30(2)3)27-23(17)22(16)26/h4-5,7-9,11-12,27H,6,10,13H2,1-3H3,(H,28,29). The number of aromatic amines is 2. The van der Waals surface area contributed by atoms with Crippen LogP contribution in [0.15, 0.2) is 42.5 Å². The quantitative estimate of drug-likeness (QED) is 0.496. The van der Waals surface area contributed by atoms with Crippen molar-refractivity contribution in [1.82, 2.24) is 24.8 Å². The number of carbonyl (C=O) groups is 2. The fraction of sp³-hybridized carbons (Fsp3) is 0.240. The molecule has 1 aliphatic heterocycles. The number of para-hydroxylation sites is 2. The van der Waals surface area contributed by atoms with Crippen molar-refractivity contribution in [2.24, 2.45) is 0 Å². The van der Waals surface area contributed by atoms with Crippen LogP contribution < -0.4 is 0 Å². The van der Waals surface area contributed by atoms with E-state index in [9.17, 15) is 9.59 Å². The van der Waals surface area contributed by atoms with E-state index < -0.39 is 5.82 Å². The molecule has 7 nitrogen and oxygen atoms in total. The van der Waals surface area contributed by atoms with Gasteiger partial charge in [-0.2, -0.15) is 0 Å². The van der Waals surface area contributed by atoms with Crippen molar-refractivity contribution in [2.75, 3.05) is 27.2 Å². The maximum atomic E-state index is 15.8. The number of amides is 2.